The summed E-state index contributed by atoms with van der Waals surface area (Å²) in [7, 11) is 0. The van der Waals surface area contributed by atoms with Crippen molar-refractivity contribution in [2.45, 2.75) is 65.2 Å². The molecule has 0 aromatic carbocycles. The quantitative estimate of drug-likeness (QED) is 0.645. The molecule has 0 radical (unpaired) electrons. The zero-order valence-corrected chi connectivity index (χ0v) is 15.2. The van der Waals surface area contributed by atoms with Gasteiger partial charge >= 0.3 is 0 Å². The first kappa shape index (κ1) is 18.7. The Labute approximate surface area is 146 Å². The highest BCUT2D eigenvalue weighted by molar-refractivity contribution is 5.84. The highest BCUT2D eigenvalue weighted by atomic mass is 16.2. The van der Waals surface area contributed by atoms with Gasteiger partial charge in [0.2, 0.25) is 5.91 Å². The van der Waals surface area contributed by atoms with E-state index in [4.69, 9.17) is 5.73 Å². The van der Waals surface area contributed by atoms with E-state index in [1.165, 1.54) is 0 Å². The van der Waals surface area contributed by atoms with Crippen LogP contribution in [0.15, 0.2) is 18.5 Å². The fraction of sp³-hybridized carbons (Fsp3) is 0.684. The fourth-order valence-electron chi connectivity index (χ4n) is 3.84. The van der Waals surface area contributed by atoms with Crippen LogP contribution in [0.3, 0.4) is 0 Å². The maximum Gasteiger partial charge on any atom is 0.242 e. The molecular weight excluding hydrogens is 300 g/mol. The number of aryl methyl sites for hydroxylation is 1. The third kappa shape index (κ3) is 4.47. The van der Waals surface area contributed by atoms with Gasteiger partial charge in [-0.05, 0) is 50.2 Å². The van der Waals surface area contributed by atoms with E-state index in [1.54, 1.807) is 12.4 Å². The summed E-state index contributed by atoms with van der Waals surface area (Å²) >= 11 is 0. The SMILES string of the molecule is CCCC1(CCC)CCN(NCCCCc2ccncc2N)C1=O. The van der Waals surface area contributed by atoms with Crippen molar-refractivity contribution in [2.75, 3.05) is 18.8 Å². The number of unbranched alkanes of at least 4 members (excludes halogenated alkanes) is 1. The predicted molar refractivity (Wildman–Crippen MR) is 98.2 cm³/mol. The van der Waals surface area contributed by atoms with Crippen molar-refractivity contribution >= 4 is 11.6 Å². The molecule has 1 aromatic heterocycles. The lowest BCUT2D eigenvalue weighted by Gasteiger charge is -2.27. The molecule has 5 heteroatoms. The first-order valence-corrected chi connectivity index (χ1v) is 9.37. The number of hydrogen-bond donors (Lipinski definition) is 2. The predicted octanol–water partition coefficient (Wildman–Crippen LogP) is 3.31. The highest BCUT2D eigenvalue weighted by Gasteiger charge is 2.44. The normalized spacial score (nSPS) is 16.8. The van der Waals surface area contributed by atoms with E-state index < -0.39 is 0 Å². The van der Waals surface area contributed by atoms with Gasteiger partial charge < -0.3 is 5.73 Å². The van der Waals surface area contributed by atoms with E-state index >= 15 is 0 Å². The number of anilines is 1. The maximum absolute atomic E-state index is 12.8. The van der Waals surface area contributed by atoms with E-state index in [0.717, 1.165) is 75.7 Å². The average Bonchev–Trinajstić information content (AvgIpc) is 2.86. The number of aromatic nitrogens is 1. The molecule has 0 bridgehead atoms. The van der Waals surface area contributed by atoms with Crippen molar-refractivity contribution in [3.8, 4) is 0 Å². The second-order valence-corrected chi connectivity index (χ2v) is 6.93. The lowest BCUT2D eigenvalue weighted by Crippen LogP contribution is -2.43. The smallest absolute Gasteiger partial charge is 0.242 e. The lowest BCUT2D eigenvalue weighted by atomic mass is 9.78. The Kier molecular flexibility index (Phi) is 7.03. The molecule has 0 saturated carbocycles. The second kappa shape index (κ2) is 9.02. The largest absolute Gasteiger partial charge is 0.397 e. The van der Waals surface area contributed by atoms with E-state index in [0.29, 0.717) is 5.91 Å². The van der Waals surface area contributed by atoms with E-state index in [2.05, 4.69) is 24.3 Å². The molecule has 5 nitrogen and oxygen atoms in total. The van der Waals surface area contributed by atoms with Crippen LogP contribution >= 0.6 is 0 Å². The maximum atomic E-state index is 12.8. The third-order valence-corrected chi connectivity index (χ3v) is 5.09. The van der Waals surface area contributed by atoms with Crippen LogP contribution in [0, 0.1) is 5.41 Å². The van der Waals surface area contributed by atoms with Crippen LogP contribution in [0.25, 0.3) is 0 Å². The topological polar surface area (TPSA) is 71.2 Å². The molecule has 0 unspecified atom stereocenters. The Morgan fingerprint density at radius 3 is 2.71 bits per heavy atom. The van der Waals surface area contributed by atoms with Gasteiger partial charge in [-0.3, -0.25) is 14.8 Å². The second-order valence-electron chi connectivity index (χ2n) is 6.93. The Morgan fingerprint density at radius 1 is 1.29 bits per heavy atom. The van der Waals surface area contributed by atoms with Crippen LogP contribution < -0.4 is 11.2 Å². The van der Waals surface area contributed by atoms with E-state index in [-0.39, 0.29) is 5.41 Å². The lowest BCUT2D eigenvalue weighted by molar-refractivity contribution is -0.139. The van der Waals surface area contributed by atoms with E-state index in [1.807, 2.05) is 11.1 Å². The zero-order chi connectivity index (χ0) is 17.4. The fourth-order valence-corrected chi connectivity index (χ4v) is 3.84. The monoisotopic (exact) mass is 332 g/mol. The van der Waals surface area contributed by atoms with Crippen molar-refractivity contribution in [2.24, 2.45) is 5.41 Å². The van der Waals surface area contributed by atoms with Crippen LogP contribution in [0.2, 0.25) is 0 Å². The van der Waals surface area contributed by atoms with Crippen molar-refractivity contribution in [1.29, 1.82) is 0 Å². The summed E-state index contributed by atoms with van der Waals surface area (Å²) in [4.78, 5) is 16.8. The first-order valence-electron chi connectivity index (χ1n) is 9.37. The molecule has 1 amide bonds. The van der Waals surface area contributed by atoms with Gasteiger partial charge in [-0.25, -0.2) is 5.43 Å². The van der Waals surface area contributed by atoms with Gasteiger partial charge in [-0.1, -0.05) is 26.7 Å². The molecule has 1 aliphatic rings. The van der Waals surface area contributed by atoms with Gasteiger partial charge in [-0.2, -0.15) is 0 Å². The highest BCUT2D eigenvalue weighted by Crippen LogP contribution is 2.40. The Hall–Kier alpha value is -1.62. The minimum absolute atomic E-state index is 0.109. The van der Waals surface area contributed by atoms with Crippen LogP contribution in [0.1, 0.15) is 64.4 Å². The average molecular weight is 332 g/mol. The number of carbonyl (C=O) groups excluding carboxylic acids is 1. The summed E-state index contributed by atoms with van der Waals surface area (Å²) in [6.45, 7) is 6.03. The molecule has 0 spiro atoms. The number of carbonyl (C=O) groups is 1. The Morgan fingerprint density at radius 2 is 2.04 bits per heavy atom. The third-order valence-electron chi connectivity index (χ3n) is 5.09. The number of nitrogen functional groups attached to an aromatic ring is 1. The van der Waals surface area contributed by atoms with Gasteiger partial charge in [0.1, 0.15) is 0 Å². The Bertz CT molecular complexity index is 526. The standard InChI is InChI=1S/C19H32N4O/c1-3-9-19(10-4-2)11-14-23(18(19)24)22-12-6-5-7-16-8-13-21-15-17(16)20/h8,13,15,22H,3-7,9-12,14,20H2,1-2H3. The molecule has 134 valence electrons. The minimum Gasteiger partial charge on any atom is -0.397 e. The van der Waals surface area contributed by atoms with Gasteiger partial charge in [0.05, 0.1) is 17.3 Å². The molecule has 1 fully saturated rings. The number of nitrogens with one attached hydrogen (secondary N) is 1. The Balaban J connectivity index is 1.73. The molecule has 0 atom stereocenters. The van der Waals surface area contributed by atoms with Crippen LogP contribution in [0.5, 0.6) is 0 Å². The number of pyridine rings is 1. The van der Waals surface area contributed by atoms with Gasteiger partial charge in [-0.15, -0.1) is 0 Å². The molecule has 24 heavy (non-hydrogen) atoms. The van der Waals surface area contributed by atoms with Crippen molar-refractivity contribution in [3.63, 3.8) is 0 Å². The van der Waals surface area contributed by atoms with Crippen LogP contribution in [-0.2, 0) is 11.2 Å². The zero-order valence-electron chi connectivity index (χ0n) is 15.2. The number of nitrogens with two attached hydrogens (primary N) is 1. The summed E-state index contributed by atoms with van der Waals surface area (Å²) in [5, 5.41) is 1.87. The number of amides is 1. The van der Waals surface area contributed by atoms with Crippen LogP contribution in [-0.4, -0.2) is 29.0 Å². The molecule has 1 aliphatic heterocycles. The molecule has 1 aromatic rings. The first-order chi connectivity index (χ1) is 11.6. The number of rotatable bonds is 10. The summed E-state index contributed by atoms with van der Waals surface area (Å²) in [6, 6.07) is 1.98. The van der Waals surface area contributed by atoms with Gasteiger partial charge in [0.15, 0.2) is 0 Å². The number of hydrogen-bond acceptors (Lipinski definition) is 4. The van der Waals surface area contributed by atoms with Crippen molar-refractivity contribution in [3.05, 3.63) is 24.0 Å². The van der Waals surface area contributed by atoms with E-state index in [9.17, 15) is 4.79 Å². The summed E-state index contributed by atoms with van der Waals surface area (Å²) in [5.74, 6) is 0.310. The molecule has 2 heterocycles. The van der Waals surface area contributed by atoms with Crippen molar-refractivity contribution < 1.29 is 4.79 Å². The molecular formula is C19H32N4O. The summed E-state index contributed by atoms with van der Waals surface area (Å²) in [6.07, 6.45) is 11.7. The molecule has 1 saturated heterocycles. The molecule has 3 N–H and O–H groups in total. The summed E-state index contributed by atoms with van der Waals surface area (Å²) in [5.41, 5.74) is 11.1. The number of hydrazine groups is 1. The minimum atomic E-state index is -0.109. The summed E-state index contributed by atoms with van der Waals surface area (Å²) < 4.78 is 0. The van der Waals surface area contributed by atoms with Gasteiger partial charge in [0, 0.05) is 19.3 Å². The number of nitrogens with zero attached hydrogens (tertiary/aromatic N) is 2. The van der Waals surface area contributed by atoms with Crippen molar-refractivity contribution in [1.82, 2.24) is 15.4 Å². The molecule has 2 rings (SSSR count). The van der Waals surface area contributed by atoms with Crippen LogP contribution in [0.4, 0.5) is 5.69 Å². The van der Waals surface area contributed by atoms with Gasteiger partial charge in [0.25, 0.3) is 0 Å². The molecule has 0 aliphatic carbocycles.